The van der Waals surface area contributed by atoms with Gasteiger partial charge in [-0.05, 0) is 61.2 Å². The maximum absolute atomic E-state index is 13.8. The Morgan fingerprint density at radius 1 is 1.15 bits per heavy atom. The van der Waals surface area contributed by atoms with E-state index in [-0.39, 0.29) is 30.0 Å². The SMILES string of the molecule is CN=C/C(C=N)=C(/N)c1nc(N2CC[C@]3(CCN(CC(=O)N4CC=C(c5ccc(C(=N)OC(=O)NC)cc5)CC4)C3)C2=O)ccc1N. The highest BCUT2D eigenvalue weighted by atomic mass is 16.6. The number of nitrogens with zero attached hydrogens (tertiary/aromatic N) is 5. The molecule has 0 saturated carbocycles. The number of carbonyl (C=O) groups excluding carboxylic acids is 3. The van der Waals surface area contributed by atoms with Crippen LogP contribution in [0.5, 0.6) is 0 Å². The molecule has 3 aliphatic rings. The summed E-state index contributed by atoms with van der Waals surface area (Å²) < 4.78 is 4.89. The van der Waals surface area contributed by atoms with Crippen LogP contribution in [0.3, 0.4) is 0 Å². The third kappa shape index (κ3) is 6.92. The predicted octanol–water partition coefficient (Wildman–Crippen LogP) is 2.11. The fourth-order valence-corrected chi connectivity index (χ4v) is 6.28. The van der Waals surface area contributed by atoms with E-state index in [1.54, 1.807) is 36.2 Å². The highest BCUT2D eigenvalue weighted by Crippen LogP contribution is 2.42. The summed E-state index contributed by atoms with van der Waals surface area (Å²) in [6, 6.07) is 10.6. The molecule has 4 heterocycles. The summed E-state index contributed by atoms with van der Waals surface area (Å²) in [4.78, 5) is 52.6. The number of pyridine rings is 1. The zero-order chi connectivity index (χ0) is 33.7. The topological polar surface area (TPSA) is 207 Å². The lowest BCUT2D eigenvalue weighted by Gasteiger charge is -2.29. The highest BCUT2D eigenvalue weighted by molar-refractivity contribution is 6.10. The Morgan fingerprint density at radius 2 is 1.89 bits per heavy atom. The minimum absolute atomic E-state index is 0.0208. The number of ether oxygens (including phenoxy) is 1. The van der Waals surface area contributed by atoms with Gasteiger partial charge in [0.25, 0.3) is 0 Å². The predicted molar refractivity (Wildman–Crippen MR) is 181 cm³/mol. The molecule has 14 heteroatoms. The number of allylic oxidation sites excluding steroid dienone is 1. The number of rotatable bonds is 8. The first kappa shape index (κ1) is 33.0. The first-order valence-electron chi connectivity index (χ1n) is 15.4. The van der Waals surface area contributed by atoms with Crippen molar-refractivity contribution in [1.29, 1.82) is 10.8 Å². The zero-order valence-corrected chi connectivity index (χ0v) is 26.6. The van der Waals surface area contributed by atoms with Crippen LogP contribution in [0.25, 0.3) is 11.3 Å². The van der Waals surface area contributed by atoms with Crippen molar-refractivity contribution in [3.63, 3.8) is 0 Å². The summed E-state index contributed by atoms with van der Waals surface area (Å²) in [6.45, 7) is 2.97. The van der Waals surface area contributed by atoms with Crippen LogP contribution in [0.15, 0.2) is 53.0 Å². The molecule has 1 atom stereocenters. The van der Waals surface area contributed by atoms with Crippen molar-refractivity contribution in [2.45, 2.75) is 19.3 Å². The van der Waals surface area contributed by atoms with Crippen molar-refractivity contribution < 1.29 is 19.1 Å². The zero-order valence-electron chi connectivity index (χ0n) is 26.6. The molecule has 0 radical (unpaired) electrons. The fraction of sp³-hybridized carbons (Fsp3) is 0.364. The van der Waals surface area contributed by atoms with E-state index in [2.05, 4.69) is 20.2 Å². The van der Waals surface area contributed by atoms with Gasteiger partial charge in [0.1, 0.15) is 11.5 Å². The lowest BCUT2D eigenvalue weighted by Crippen LogP contribution is -2.43. The Hall–Kier alpha value is -5.37. The number of aliphatic imine (C=N–C) groups is 1. The van der Waals surface area contributed by atoms with Gasteiger partial charge >= 0.3 is 6.09 Å². The molecule has 2 aromatic rings. The van der Waals surface area contributed by atoms with Gasteiger partial charge in [0.05, 0.1) is 23.3 Å². The molecule has 7 N–H and O–H groups in total. The molecule has 0 bridgehead atoms. The number of amides is 3. The molecule has 47 heavy (non-hydrogen) atoms. The number of aromatic nitrogens is 1. The Bertz CT molecular complexity index is 1680. The average Bonchev–Trinajstić information content (AvgIpc) is 3.65. The van der Waals surface area contributed by atoms with Crippen molar-refractivity contribution in [3.8, 4) is 0 Å². The fourth-order valence-electron chi connectivity index (χ4n) is 6.28. The minimum Gasteiger partial charge on any atom is -0.397 e. The summed E-state index contributed by atoms with van der Waals surface area (Å²) >= 11 is 0. The van der Waals surface area contributed by atoms with Crippen LogP contribution in [0.1, 0.15) is 36.1 Å². The van der Waals surface area contributed by atoms with E-state index < -0.39 is 11.5 Å². The van der Waals surface area contributed by atoms with Crippen molar-refractivity contribution in [2.24, 2.45) is 16.1 Å². The summed E-state index contributed by atoms with van der Waals surface area (Å²) in [7, 11) is 3.01. The molecule has 1 aromatic heterocycles. The van der Waals surface area contributed by atoms with E-state index in [1.165, 1.54) is 13.3 Å². The van der Waals surface area contributed by atoms with Gasteiger partial charge < -0.3 is 31.8 Å². The van der Waals surface area contributed by atoms with Gasteiger partial charge in [-0.25, -0.2) is 9.78 Å². The van der Waals surface area contributed by atoms with Gasteiger partial charge in [-0.1, -0.05) is 18.2 Å². The Morgan fingerprint density at radius 3 is 2.55 bits per heavy atom. The maximum Gasteiger partial charge on any atom is 0.413 e. The number of nitrogen functional groups attached to an aromatic ring is 1. The highest BCUT2D eigenvalue weighted by Gasteiger charge is 2.51. The van der Waals surface area contributed by atoms with Gasteiger partial charge in [0.15, 0.2) is 0 Å². The van der Waals surface area contributed by atoms with Gasteiger partial charge in [-0.15, -0.1) is 0 Å². The Balaban J connectivity index is 1.18. The normalized spacial score (nSPS) is 20.4. The Labute approximate surface area is 273 Å². The second-order valence-electron chi connectivity index (χ2n) is 11.8. The molecular formula is C33H40N10O4. The van der Waals surface area contributed by atoms with Gasteiger partial charge in [-0.3, -0.25) is 29.8 Å². The molecule has 2 fully saturated rings. The largest absolute Gasteiger partial charge is 0.413 e. The van der Waals surface area contributed by atoms with E-state index >= 15 is 0 Å². The number of hydrogen-bond acceptors (Lipinski definition) is 11. The van der Waals surface area contributed by atoms with E-state index in [4.69, 9.17) is 27.0 Å². The monoisotopic (exact) mass is 640 g/mol. The second-order valence-corrected chi connectivity index (χ2v) is 11.8. The van der Waals surface area contributed by atoms with Gasteiger partial charge in [0, 0.05) is 63.8 Å². The van der Waals surface area contributed by atoms with Crippen LogP contribution in [0.4, 0.5) is 16.3 Å². The smallest absolute Gasteiger partial charge is 0.397 e. The number of carbonyl (C=O) groups is 3. The third-order valence-electron chi connectivity index (χ3n) is 8.96. The lowest BCUT2D eigenvalue weighted by molar-refractivity contribution is -0.132. The third-order valence-corrected chi connectivity index (χ3v) is 8.96. The van der Waals surface area contributed by atoms with Crippen LogP contribution in [0, 0.1) is 16.2 Å². The van der Waals surface area contributed by atoms with Crippen molar-refractivity contribution in [2.75, 3.05) is 64.0 Å². The van der Waals surface area contributed by atoms with E-state index in [0.29, 0.717) is 80.3 Å². The average molecular weight is 641 g/mol. The van der Waals surface area contributed by atoms with Crippen LogP contribution in [-0.2, 0) is 14.3 Å². The number of anilines is 2. The number of benzene rings is 1. The molecule has 5 rings (SSSR count). The van der Waals surface area contributed by atoms with Crippen LogP contribution in [-0.4, -0.2) is 104 Å². The molecule has 246 valence electrons. The molecule has 0 aliphatic carbocycles. The number of nitrogens with two attached hydrogens (primary N) is 2. The summed E-state index contributed by atoms with van der Waals surface area (Å²) in [5.41, 5.74) is 15.7. The number of nitrogens with one attached hydrogen (secondary N) is 3. The quantitative estimate of drug-likeness (QED) is 0.213. The summed E-state index contributed by atoms with van der Waals surface area (Å²) in [6.07, 6.45) is 5.91. The molecule has 3 aliphatic heterocycles. The van der Waals surface area contributed by atoms with Gasteiger partial charge in [0.2, 0.25) is 17.7 Å². The molecule has 0 unspecified atom stereocenters. The first-order chi connectivity index (χ1) is 22.6. The van der Waals surface area contributed by atoms with Crippen molar-refractivity contribution in [1.82, 2.24) is 20.1 Å². The van der Waals surface area contributed by atoms with E-state index in [1.807, 2.05) is 23.1 Å². The number of likely N-dealkylation sites (tertiary alicyclic amines) is 1. The maximum atomic E-state index is 13.8. The van der Waals surface area contributed by atoms with E-state index in [0.717, 1.165) is 17.4 Å². The summed E-state index contributed by atoms with van der Waals surface area (Å²) in [5, 5.41) is 17.9. The lowest BCUT2D eigenvalue weighted by atomic mass is 9.85. The van der Waals surface area contributed by atoms with Crippen LogP contribution in [0.2, 0.25) is 0 Å². The van der Waals surface area contributed by atoms with Crippen molar-refractivity contribution in [3.05, 3.63) is 64.9 Å². The van der Waals surface area contributed by atoms with Crippen molar-refractivity contribution >= 4 is 59.0 Å². The molecule has 14 nitrogen and oxygen atoms in total. The molecule has 3 amide bonds. The molecule has 1 aromatic carbocycles. The first-order valence-corrected chi connectivity index (χ1v) is 15.4. The second kappa shape index (κ2) is 14.0. The van der Waals surface area contributed by atoms with Crippen LogP contribution < -0.4 is 21.7 Å². The molecule has 1 spiro atoms. The minimum atomic E-state index is -0.693. The van der Waals surface area contributed by atoms with E-state index in [9.17, 15) is 14.4 Å². The standard InChI is InChI=1S/C33H40N10O4/c1-38-18-24(17-34)28(36)29-25(35)7-8-26(40-29)43-16-12-33(31(43)45)11-15-41(20-33)19-27(44)42-13-9-22(10-14-42)21-3-5-23(6-4-21)30(37)47-32(46)39-2/h3-9,17-18,34,37H,10-16,19-20,35-36H2,1-2H3,(H,39,46)/b28-24+,34-17?,37-30?,38-18?/t33-/m0/s1. The molecular weight excluding hydrogens is 600 g/mol. The molecule has 2 saturated heterocycles. The van der Waals surface area contributed by atoms with Crippen LogP contribution >= 0.6 is 0 Å². The van der Waals surface area contributed by atoms with Gasteiger partial charge in [-0.2, -0.15) is 0 Å². The summed E-state index contributed by atoms with van der Waals surface area (Å²) in [5.74, 6) is 0.228. The number of hydrogen-bond donors (Lipinski definition) is 5. The Kier molecular flexibility index (Phi) is 9.80. The number of alkyl carbamates (subject to hydrolysis) is 1.